The standard InChI is InChI=1S/C29H25ClN2O4/c1-34-23-6-5-7-24(17-23)36-18-20-16-19(10-15-27(20)35-2)28-31-26-9-4-3-8-25(26)29(33)32(28)22-13-11-21(30)12-14-22/h3-17,28,31H,18H2,1-2H3. The Kier molecular flexibility index (Phi) is 6.69. The largest absolute Gasteiger partial charge is 0.497 e. The number of nitrogens with one attached hydrogen (secondary N) is 1. The van der Waals surface area contributed by atoms with Crippen LogP contribution < -0.4 is 24.4 Å². The summed E-state index contributed by atoms with van der Waals surface area (Å²) in [5.74, 6) is 2.00. The fourth-order valence-electron chi connectivity index (χ4n) is 4.29. The van der Waals surface area contributed by atoms with Crippen molar-refractivity contribution < 1.29 is 19.0 Å². The molecule has 0 aliphatic carbocycles. The van der Waals surface area contributed by atoms with Crippen LogP contribution in [0.4, 0.5) is 11.4 Å². The van der Waals surface area contributed by atoms with Crippen LogP contribution in [0.1, 0.15) is 27.7 Å². The van der Waals surface area contributed by atoms with Crippen molar-refractivity contribution in [1.82, 2.24) is 0 Å². The summed E-state index contributed by atoms with van der Waals surface area (Å²) in [6.07, 6.45) is -0.449. The van der Waals surface area contributed by atoms with Gasteiger partial charge in [-0.2, -0.15) is 0 Å². The molecule has 1 aliphatic heterocycles. The molecule has 1 aliphatic rings. The smallest absolute Gasteiger partial charge is 0.262 e. The van der Waals surface area contributed by atoms with Crippen molar-refractivity contribution in [3.8, 4) is 17.2 Å². The SMILES string of the molecule is COc1cccc(OCc2cc(C3Nc4ccccc4C(=O)N3c3ccc(Cl)cc3)ccc2OC)c1. The van der Waals surface area contributed by atoms with Crippen LogP contribution in [0.2, 0.25) is 5.02 Å². The lowest BCUT2D eigenvalue weighted by molar-refractivity contribution is 0.0975. The van der Waals surface area contributed by atoms with Gasteiger partial charge in [-0.05, 0) is 66.2 Å². The van der Waals surface area contributed by atoms with Crippen molar-refractivity contribution in [3.63, 3.8) is 0 Å². The summed E-state index contributed by atoms with van der Waals surface area (Å²) in [5.41, 5.74) is 3.86. The first-order chi connectivity index (χ1) is 17.6. The van der Waals surface area contributed by atoms with E-state index in [0.717, 1.165) is 28.3 Å². The van der Waals surface area contributed by atoms with Crippen LogP contribution in [0.3, 0.4) is 0 Å². The van der Waals surface area contributed by atoms with Crippen LogP contribution in [0.5, 0.6) is 17.2 Å². The first kappa shape index (κ1) is 23.6. The van der Waals surface area contributed by atoms with E-state index in [1.165, 1.54) is 0 Å². The van der Waals surface area contributed by atoms with E-state index in [2.05, 4.69) is 5.32 Å². The minimum Gasteiger partial charge on any atom is -0.497 e. The van der Waals surface area contributed by atoms with Crippen molar-refractivity contribution >= 4 is 28.9 Å². The fourth-order valence-corrected chi connectivity index (χ4v) is 4.41. The Balaban J connectivity index is 1.52. The van der Waals surface area contributed by atoms with Crippen LogP contribution in [0.25, 0.3) is 0 Å². The second-order valence-electron chi connectivity index (χ2n) is 8.28. The highest BCUT2D eigenvalue weighted by molar-refractivity contribution is 6.30. The van der Waals surface area contributed by atoms with Crippen molar-refractivity contribution in [2.75, 3.05) is 24.4 Å². The van der Waals surface area contributed by atoms with E-state index in [-0.39, 0.29) is 12.5 Å². The van der Waals surface area contributed by atoms with E-state index in [1.54, 1.807) is 31.3 Å². The number of hydrogen-bond donors (Lipinski definition) is 1. The molecule has 1 atom stereocenters. The van der Waals surface area contributed by atoms with Crippen molar-refractivity contribution in [3.05, 3.63) is 113 Å². The number of carbonyl (C=O) groups is 1. The lowest BCUT2D eigenvalue weighted by Crippen LogP contribution is -2.43. The number of para-hydroxylation sites is 1. The van der Waals surface area contributed by atoms with Crippen LogP contribution in [-0.2, 0) is 6.61 Å². The van der Waals surface area contributed by atoms with Gasteiger partial charge in [-0.15, -0.1) is 0 Å². The van der Waals surface area contributed by atoms with Gasteiger partial charge >= 0.3 is 0 Å². The summed E-state index contributed by atoms with van der Waals surface area (Å²) in [7, 11) is 3.25. The number of anilines is 2. The van der Waals surface area contributed by atoms with E-state index >= 15 is 0 Å². The van der Waals surface area contributed by atoms with Gasteiger partial charge in [0.2, 0.25) is 0 Å². The predicted octanol–water partition coefficient (Wildman–Crippen LogP) is 6.71. The zero-order valence-electron chi connectivity index (χ0n) is 19.9. The lowest BCUT2D eigenvalue weighted by atomic mass is 10.0. The molecule has 0 fully saturated rings. The number of rotatable bonds is 7. The highest BCUT2D eigenvalue weighted by Crippen LogP contribution is 2.38. The molecule has 4 aromatic rings. The first-order valence-electron chi connectivity index (χ1n) is 11.5. The Bertz CT molecular complexity index is 1390. The number of fused-ring (bicyclic) bond motifs is 1. The lowest BCUT2D eigenvalue weighted by Gasteiger charge is -2.38. The molecule has 0 spiro atoms. The molecule has 0 bridgehead atoms. The zero-order valence-corrected chi connectivity index (χ0v) is 20.7. The maximum atomic E-state index is 13.7. The monoisotopic (exact) mass is 500 g/mol. The molecule has 1 heterocycles. The Morgan fingerprint density at radius 3 is 2.42 bits per heavy atom. The first-order valence-corrected chi connectivity index (χ1v) is 11.8. The summed E-state index contributed by atoms with van der Waals surface area (Å²) in [6, 6.07) is 28.1. The van der Waals surface area contributed by atoms with Gasteiger partial charge in [0, 0.05) is 28.0 Å². The highest BCUT2D eigenvalue weighted by Gasteiger charge is 2.34. The molecule has 1 amide bonds. The van der Waals surface area contributed by atoms with Crippen molar-refractivity contribution in [1.29, 1.82) is 0 Å². The number of nitrogens with zero attached hydrogens (tertiary/aromatic N) is 1. The third-order valence-corrected chi connectivity index (χ3v) is 6.34. The quantitative estimate of drug-likeness (QED) is 0.305. The zero-order chi connectivity index (χ0) is 25.1. The normalized spacial score (nSPS) is 14.6. The van der Waals surface area contributed by atoms with Crippen LogP contribution >= 0.6 is 11.6 Å². The maximum absolute atomic E-state index is 13.7. The molecule has 1 unspecified atom stereocenters. The molecule has 0 saturated heterocycles. The minimum atomic E-state index is -0.449. The predicted molar refractivity (Wildman–Crippen MR) is 141 cm³/mol. The topological polar surface area (TPSA) is 60.0 Å². The fraction of sp³-hybridized carbons (Fsp3) is 0.138. The molecule has 7 heteroatoms. The van der Waals surface area contributed by atoms with Crippen LogP contribution in [-0.4, -0.2) is 20.1 Å². The summed E-state index contributed by atoms with van der Waals surface area (Å²) in [4.78, 5) is 15.4. The molecule has 5 rings (SSSR count). The second kappa shape index (κ2) is 10.2. The van der Waals surface area contributed by atoms with Crippen LogP contribution in [0.15, 0.2) is 91.0 Å². The Morgan fingerprint density at radius 2 is 1.64 bits per heavy atom. The highest BCUT2D eigenvalue weighted by atomic mass is 35.5. The Morgan fingerprint density at radius 1 is 0.861 bits per heavy atom. The summed E-state index contributed by atoms with van der Waals surface area (Å²) >= 11 is 6.13. The summed E-state index contributed by atoms with van der Waals surface area (Å²) in [5, 5.41) is 4.14. The Labute approximate surface area is 215 Å². The van der Waals surface area contributed by atoms with E-state index in [1.807, 2.05) is 78.9 Å². The minimum absolute atomic E-state index is 0.0957. The average molecular weight is 501 g/mol. The van der Waals surface area contributed by atoms with E-state index in [9.17, 15) is 4.79 Å². The third kappa shape index (κ3) is 4.68. The molecule has 1 N–H and O–H groups in total. The van der Waals surface area contributed by atoms with E-state index in [4.69, 9.17) is 25.8 Å². The van der Waals surface area contributed by atoms with Gasteiger partial charge < -0.3 is 19.5 Å². The molecular formula is C29H25ClN2O4. The van der Waals surface area contributed by atoms with Crippen molar-refractivity contribution in [2.24, 2.45) is 0 Å². The van der Waals surface area contributed by atoms with Gasteiger partial charge in [-0.25, -0.2) is 0 Å². The van der Waals surface area contributed by atoms with Gasteiger partial charge in [0.25, 0.3) is 5.91 Å². The Hall–Kier alpha value is -4.16. The molecule has 0 radical (unpaired) electrons. The van der Waals surface area contributed by atoms with Gasteiger partial charge in [0.15, 0.2) is 0 Å². The third-order valence-electron chi connectivity index (χ3n) is 6.09. The van der Waals surface area contributed by atoms with Gasteiger partial charge in [0.05, 0.1) is 19.8 Å². The number of benzene rings is 4. The van der Waals surface area contributed by atoms with Gasteiger partial charge in [-0.3, -0.25) is 9.69 Å². The molecule has 36 heavy (non-hydrogen) atoms. The number of carbonyl (C=O) groups excluding carboxylic acids is 1. The van der Waals surface area contributed by atoms with E-state index in [0.29, 0.717) is 22.1 Å². The number of methoxy groups -OCH3 is 2. The number of halogens is 1. The molecule has 0 aromatic heterocycles. The van der Waals surface area contributed by atoms with Crippen molar-refractivity contribution in [2.45, 2.75) is 12.8 Å². The van der Waals surface area contributed by atoms with Gasteiger partial charge in [0.1, 0.15) is 30.0 Å². The maximum Gasteiger partial charge on any atom is 0.262 e. The average Bonchev–Trinajstić information content (AvgIpc) is 2.92. The molecule has 0 saturated carbocycles. The molecule has 4 aromatic carbocycles. The van der Waals surface area contributed by atoms with E-state index < -0.39 is 6.17 Å². The molecule has 182 valence electrons. The van der Waals surface area contributed by atoms with Crippen LogP contribution in [0, 0.1) is 0 Å². The number of ether oxygens (including phenoxy) is 3. The summed E-state index contributed by atoms with van der Waals surface area (Å²) < 4.78 is 16.9. The molecule has 6 nitrogen and oxygen atoms in total. The van der Waals surface area contributed by atoms with Gasteiger partial charge in [-0.1, -0.05) is 35.9 Å². The summed E-state index contributed by atoms with van der Waals surface area (Å²) in [6.45, 7) is 0.280. The second-order valence-corrected chi connectivity index (χ2v) is 8.72. The molecular weight excluding hydrogens is 476 g/mol. The number of amides is 1. The number of hydrogen-bond acceptors (Lipinski definition) is 5.